The van der Waals surface area contributed by atoms with Gasteiger partial charge < -0.3 is 15.4 Å². The van der Waals surface area contributed by atoms with E-state index in [-0.39, 0.29) is 6.03 Å². The first-order valence-corrected chi connectivity index (χ1v) is 9.33. The number of para-hydroxylation sites is 1. The van der Waals surface area contributed by atoms with E-state index in [9.17, 15) is 4.79 Å². The van der Waals surface area contributed by atoms with Crippen molar-refractivity contribution in [2.24, 2.45) is 0 Å². The predicted molar refractivity (Wildman–Crippen MR) is 108 cm³/mol. The standard InChI is InChI=1S/C22H30N2O2/c1-6-16(4)20-9-7-8-10-21(20)24-22(25)23-17(5)26-19-13-11-18(12-14-19)15(2)3/h7-17H,6H2,1-5H3,(H2,23,24,25). The van der Waals surface area contributed by atoms with Crippen molar-refractivity contribution in [1.82, 2.24) is 5.32 Å². The molecule has 26 heavy (non-hydrogen) atoms. The third-order valence-corrected chi connectivity index (χ3v) is 4.55. The molecule has 0 heterocycles. The van der Waals surface area contributed by atoms with Crippen molar-refractivity contribution in [3.63, 3.8) is 0 Å². The molecule has 0 aliphatic heterocycles. The zero-order chi connectivity index (χ0) is 19.1. The fourth-order valence-corrected chi connectivity index (χ4v) is 2.77. The van der Waals surface area contributed by atoms with Crippen LogP contribution < -0.4 is 15.4 Å². The second kappa shape index (κ2) is 9.27. The van der Waals surface area contributed by atoms with Crippen molar-refractivity contribution in [3.05, 3.63) is 59.7 Å². The van der Waals surface area contributed by atoms with Gasteiger partial charge in [-0.2, -0.15) is 0 Å². The quantitative estimate of drug-likeness (QED) is 0.611. The number of ether oxygens (including phenoxy) is 1. The van der Waals surface area contributed by atoms with Crippen LogP contribution in [0, 0.1) is 0 Å². The van der Waals surface area contributed by atoms with E-state index in [4.69, 9.17) is 4.74 Å². The number of hydrogen-bond donors (Lipinski definition) is 2. The molecule has 0 bridgehead atoms. The molecule has 140 valence electrons. The van der Waals surface area contributed by atoms with Crippen LogP contribution in [-0.4, -0.2) is 12.3 Å². The summed E-state index contributed by atoms with van der Waals surface area (Å²) in [4.78, 5) is 12.3. The zero-order valence-corrected chi connectivity index (χ0v) is 16.4. The molecule has 0 aliphatic rings. The van der Waals surface area contributed by atoms with E-state index in [2.05, 4.69) is 56.5 Å². The Kier molecular flexibility index (Phi) is 7.07. The number of benzene rings is 2. The molecule has 0 radical (unpaired) electrons. The van der Waals surface area contributed by atoms with Crippen molar-refractivity contribution < 1.29 is 9.53 Å². The summed E-state index contributed by atoms with van der Waals surface area (Å²) >= 11 is 0. The first kappa shape index (κ1) is 19.8. The van der Waals surface area contributed by atoms with E-state index in [1.165, 1.54) is 5.56 Å². The lowest BCUT2D eigenvalue weighted by Crippen LogP contribution is -2.39. The molecule has 2 unspecified atom stereocenters. The highest BCUT2D eigenvalue weighted by Crippen LogP contribution is 2.26. The lowest BCUT2D eigenvalue weighted by Gasteiger charge is -2.19. The first-order chi connectivity index (χ1) is 12.4. The number of amides is 2. The highest BCUT2D eigenvalue weighted by molar-refractivity contribution is 5.90. The van der Waals surface area contributed by atoms with E-state index in [1.807, 2.05) is 37.3 Å². The fraction of sp³-hybridized carbons (Fsp3) is 0.409. The highest BCUT2D eigenvalue weighted by atomic mass is 16.5. The third-order valence-electron chi connectivity index (χ3n) is 4.55. The Morgan fingerprint density at radius 2 is 1.65 bits per heavy atom. The van der Waals surface area contributed by atoms with Gasteiger partial charge in [-0.15, -0.1) is 0 Å². The molecule has 4 heteroatoms. The summed E-state index contributed by atoms with van der Waals surface area (Å²) in [6.45, 7) is 10.4. The number of carbonyl (C=O) groups excluding carboxylic acids is 1. The van der Waals surface area contributed by atoms with Crippen LogP contribution in [0.3, 0.4) is 0 Å². The van der Waals surface area contributed by atoms with Gasteiger partial charge in [0.2, 0.25) is 0 Å². The topological polar surface area (TPSA) is 50.4 Å². The van der Waals surface area contributed by atoms with E-state index in [0.717, 1.165) is 23.4 Å². The second-order valence-corrected chi connectivity index (χ2v) is 6.98. The van der Waals surface area contributed by atoms with Gasteiger partial charge in [-0.25, -0.2) is 4.79 Å². The number of carbonyl (C=O) groups is 1. The summed E-state index contributed by atoms with van der Waals surface area (Å²) in [7, 11) is 0. The van der Waals surface area contributed by atoms with Gasteiger partial charge >= 0.3 is 6.03 Å². The summed E-state index contributed by atoms with van der Waals surface area (Å²) in [6.07, 6.45) is 0.585. The van der Waals surface area contributed by atoms with Crippen molar-refractivity contribution >= 4 is 11.7 Å². The van der Waals surface area contributed by atoms with Crippen LogP contribution in [0.4, 0.5) is 10.5 Å². The number of rotatable bonds is 7. The fourth-order valence-electron chi connectivity index (χ4n) is 2.77. The molecule has 2 amide bonds. The molecule has 2 N–H and O–H groups in total. The third kappa shape index (κ3) is 5.51. The Labute approximate surface area is 157 Å². The van der Waals surface area contributed by atoms with Gasteiger partial charge in [-0.05, 0) is 54.5 Å². The van der Waals surface area contributed by atoms with Crippen LogP contribution in [0.15, 0.2) is 48.5 Å². The number of urea groups is 1. The molecule has 2 atom stereocenters. The van der Waals surface area contributed by atoms with Gasteiger partial charge in [0.25, 0.3) is 0 Å². The Hall–Kier alpha value is -2.49. The van der Waals surface area contributed by atoms with Gasteiger partial charge in [0.1, 0.15) is 5.75 Å². The maximum atomic E-state index is 12.3. The molecule has 0 spiro atoms. The van der Waals surface area contributed by atoms with Crippen molar-refractivity contribution in [2.75, 3.05) is 5.32 Å². The maximum absolute atomic E-state index is 12.3. The summed E-state index contributed by atoms with van der Waals surface area (Å²) < 4.78 is 5.78. The average molecular weight is 354 g/mol. The monoisotopic (exact) mass is 354 g/mol. The maximum Gasteiger partial charge on any atom is 0.322 e. The summed E-state index contributed by atoms with van der Waals surface area (Å²) in [5.74, 6) is 1.61. The largest absolute Gasteiger partial charge is 0.471 e. The molecule has 4 nitrogen and oxygen atoms in total. The van der Waals surface area contributed by atoms with Crippen LogP contribution in [0.2, 0.25) is 0 Å². The molecule has 0 aromatic heterocycles. The van der Waals surface area contributed by atoms with E-state index in [0.29, 0.717) is 11.8 Å². The van der Waals surface area contributed by atoms with Gasteiger partial charge in [-0.1, -0.05) is 58.0 Å². The van der Waals surface area contributed by atoms with E-state index in [1.54, 1.807) is 0 Å². The SMILES string of the molecule is CCC(C)c1ccccc1NC(=O)NC(C)Oc1ccc(C(C)C)cc1. The Bertz CT molecular complexity index is 710. The smallest absolute Gasteiger partial charge is 0.322 e. The highest BCUT2D eigenvalue weighted by Gasteiger charge is 2.13. The molecule has 0 saturated heterocycles. The molecule has 2 rings (SSSR count). The van der Waals surface area contributed by atoms with Crippen molar-refractivity contribution in [1.29, 1.82) is 0 Å². The van der Waals surface area contributed by atoms with Crippen LogP contribution >= 0.6 is 0 Å². The predicted octanol–water partition coefficient (Wildman–Crippen LogP) is 5.87. The van der Waals surface area contributed by atoms with Crippen LogP contribution in [0.25, 0.3) is 0 Å². The van der Waals surface area contributed by atoms with Crippen molar-refractivity contribution in [2.45, 2.75) is 59.1 Å². The summed E-state index contributed by atoms with van der Waals surface area (Å²) in [5, 5.41) is 5.76. The number of nitrogens with one attached hydrogen (secondary N) is 2. The molecule has 2 aromatic rings. The van der Waals surface area contributed by atoms with Crippen molar-refractivity contribution in [3.8, 4) is 5.75 Å². The minimum Gasteiger partial charge on any atom is -0.471 e. The molecule has 0 fully saturated rings. The average Bonchev–Trinajstić information content (AvgIpc) is 2.61. The van der Waals surface area contributed by atoms with Crippen LogP contribution in [0.1, 0.15) is 64.0 Å². The Morgan fingerprint density at radius 3 is 2.27 bits per heavy atom. The Balaban J connectivity index is 1.93. The Morgan fingerprint density at radius 1 is 1.00 bits per heavy atom. The first-order valence-electron chi connectivity index (χ1n) is 9.33. The van der Waals surface area contributed by atoms with Gasteiger partial charge in [-0.3, -0.25) is 0 Å². The van der Waals surface area contributed by atoms with Crippen LogP contribution in [-0.2, 0) is 0 Å². The lowest BCUT2D eigenvalue weighted by molar-refractivity contribution is 0.183. The second-order valence-electron chi connectivity index (χ2n) is 6.98. The van der Waals surface area contributed by atoms with Gasteiger partial charge in [0.15, 0.2) is 6.23 Å². The van der Waals surface area contributed by atoms with Gasteiger partial charge in [0, 0.05) is 5.69 Å². The minimum atomic E-state index is -0.435. The normalized spacial score (nSPS) is 13.2. The van der Waals surface area contributed by atoms with E-state index >= 15 is 0 Å². The summed E-state index contributed by atoms with van der Waals surface area (Å²) in [5.41, 5.74) is 3.24. The van der Waals surface area contributed by atoms with Crippen LogP contribution in [0.5, 0.6) is 5.75 Å². The number of anilines is 1. The number of hydrogen-bond acceptors (Lipinski definition) is 2. The van der Waals surface area contributed by atoms with E-state index < -0.39 is 6.23 Å². The molecular weight excluding hydrogens is 324 g/mol. The molecule has 0 saturated carbocycles. The lowest BCUT2D eigenvalue weighted by atomic mass is 9.97. The molecule has 0 aliphatic carbocycles. The molecular formula is C22H30N2O2. The zero-order valence-electron chi connectivity index (χ0n) is 16.4. The van der Waals surface area contributed by atoms with Gasteiger partial charge in [0.05, 0.1) is 0 Å². The molecule has 2 aromatic carbocycles. The summed E-state index contributed by atoms with van der Waals surface area (Å²) in [6, 6.07) is 15.6. The minimum absolute atomic E-state index is 0.271.